The number of hydrogen-bond donors (Lipinski definition) is 2. The van der Waals surface area contributed by atoms with Crippen LogP contribution in [-0.4, -0.2) is 44.7 Å². The summed E-state index contributed by atoms with van der Waals surface area (Å²) in [7, 11) is 5.78. The van der Waals surface area contributed by atoms with Gasteiger partial charge in [-0.05, 0) is 50.3 Å². The van der Waals surface area contributed by atoms with E-state index < -0.39 is 0 Å². The van der Waals surface area contributed by atoms with Crippen LogP contribution in [0.5, 0.6) is 5.75 Å². The van der Waals surface area contributed by atoms with Crippen LogP contribution in [0.4, 0.5) is 5.69 Å². The lowest BCUT2D eigenvalue weighted by molar-refractivity contribution is 0.298. The summed E-state index contributed by atoms with van der Waals surface area (Å²) >= 11 is 0. The van der Waals surface area contributed by atoms with Crippen molar-refractivity contribution in [1.82, 2.24) is 4.90 Å². The molecule has 0 radical (unpaired) electrons. The van der Waals surface area contributed by atoms with Gasteiger partial charge in [0, 0.05) is 11.7 Å². The van der Waals surface area contributed by atoms with Gasteiger partial charge in [0.1, 0.15) is 5.75 Å². The van der Waals surface area contributed by atoms with E-state index in [1.807, 2.05) is 30.3 Å². The molecular weight excluding hydrogens is 300 g/mol. The predicted molar refractivity (Wildman–Crippen MR) is 101 cm³/mol. The van der Waals surface area contributed by atoms with Gasteiger partial charge in [-0.3, -0.25) is 4.99 Å². The standard InChI is InChI=1S/C19H26N4O/c1-23(2)17(13-15-7-5-4-6-8-15)14-21-19(20)22-16-9-11-18(24-3)12-10-16/h4-12,17H,13-14H2,1-3H3,(H3,20,21,22). The minimum Gasteiger partial charge on any atom is -0.497 e. The van der Waals surface area contributed by atoms with Crippen LogP contribution < -0.4 is 15.8 Å². The second-order valence-electron chi connectivity index (χ2n) is 5.89. The summed E-state index contributed by atoms with van der Waals surface area (Å²) < 4.78 is 5.14. The molecule has 0 amide bonds. The largest absolute Gasteiger partial charge is 0.497 e. The first-order valence-corrected chi connectivity index (χ1v) is 8.00. The van der Waals surface area contributed by atoms with Crippen molar-refractivity contribution < 1.29 is 4.74 Å². The van der Waals surface area contributed by atoms with Gasteiger partial charge in [0.15, 0.2) is 5.96 Å². The number of ether oxygens (including phenoxy) is 1. The first-order chi connectivity index (χ1) is 11.6. The third-order valence-electron chi connectivity index (χ3n) is 3.88. The van der Waals surface area contributed by atoms with Crippen LogP contribution in [-0.2, 0) is 6.42 Å². The lowest BCUT2D eigenvalue weighted by Gasteiger charge is -2.23. The number of methoxy groups -OCH3 is 1. The summed E-state index contributed by atoms with van der Waals surface area (Å²) in [6.45, 7) is 0.636. The molecule has 0 fully saturated rings. The van der Waals surface area contributed by atoms with Crippen molar-refractivity contribution in [3.8, 4) is 5.75 Å². The summed E-state index contributed by atoms with van der Waals surface area (Å²) in [4.78, 5) is 6.67. The number of nitrogens with one attached hydrogen (secondary N) is 1. The number of nitrogens with two attached hydrogens (primary N) is 1. The lowest BCUT2D eigenvalue weighted by atomic mass is 10.1. The Morgan fingerprint density at radius 2 is 1.79 bits per heavy atom. The molecule has 5 nitrogen and oxygen atoms in total. The molecule has 0 saturated heterocycles. The van der Waals surface area contributed by atoms with Gasteiger partial charge in [0.05, 0.1) is 13.7 Å². The zero-order valence-corrected chi connectivity index (χ0v) is 14.6. The highest BCUT2D eigenvalue weighted by atomic mass is 16.5. The van der Waals surface area contributed by atoms with Crippen LogP contribution in [0.2, 0.25) is 0 Å². The number of rotatable bonds is 7. The zero-order chi connectivity index (χ0) is 17.4. The average Bonchev–Trinajstić information content (AvgIpc) is 2.60. The summed E-state index contributed by atoms with van der Waals surface area (Å²) in [6, 6.07) is 18.3. The van der Waals surface area contributed by atoms with Crippen molar-refractivity contribution in [1.29, 1.82) is 0 Å². The van der Waals surface area contributed by atoms with E-state index in [1.54, 1.807) is 7.11 Å². The van der Waals surface area contributed by atoms with E-state index in [-0.39, 0.29) is 0 Å². The fraction of sp³-hybridized carbons (Fsp3) is 0.316. The highest BCUT2D eigenvalue weighted by Crippen LogP contribution is 2.14. The number of guanidine groups is 1. The van der Waals surface area contributed by atoms with Crippen molar-refractivity contribution in [3.63, 3.8) is 0 Å². The minimum atomic E-state index is 0.295. The van der Waals surface area contributed by atoms with Gasteiger partial charge in [-0.2, -0.15) is 0 Å². The number of hydrogen-bond acceptors (Lipinski definition) is 3. The molecule has 128 valence electrons. The fourth-order valence-electron chi connectivity index (χ4n) is 2.36. The average molecular weight is 326 g/mol. The first kappa shape index (κ1) is 17.8. The van der Waals surface area contributed by atoms with Crippen molar-refractivity contribution in [2.45, 2.75) is 12.5 Å². The maximum absolute atomic E-state index is 6.01. The number of nitrogens with zero attached hydrogens (tertiary/aromatic N) is 2. The van der Waals surface area contributed by atoms with E-state index in [4.69, 9.17) is 10.5 Å². The summed E-state index contributed by atoms with van der Waals surface area (Å²) in [6.07, 6.45) is 0.938. The molecular formula is C19H26N4O. The maximum atomic E-state index is 6.01. The second-order valence-corrected chi connectivity index (χ2v) is 5.89. The molecule has 2 aromatic rings. The van der Waals surface area contributed by atoms with Crippen LogP contribution in [0.15, 0.2) is 59.6 Å². The fourth-order valence-corrected chi connectivity index (χ4v) is 2.36. The Labute approximate surface area is 144 Å². The molecule has 0 bridgehead atoms. The van der Waals surface area contributed by atoms with Crippen LogP contribution in [0.25, 0.3) is 0 Å². The van der Waals surface area contributed by atoms with Gasteiger partial charge in [0.2, 0.25) is 0 Å². The monoisotopic (exact) mass is 326 g/mol. The number of aliphatic imine (C=N–C) groups is 1. The molecule has 1 atom stereocenters. The lowest BCUT2D eigenvalue weighted by Crippen LogP contribution is -2.34. The summed E-state index contributed by atoms with van der Waals surface area (Å²) in [5.41, 5.74) is 8.20. The molecule has 0 saturated carbocycles. The van der Waals surface area contributed by atoms with Gasteiger partial charge in [-0.1, -0.05) is 30.3 Å². The Kier molecular flexibility index (Phi) is 6.63. The second kappa shape index (κ2) is 8.93. The van der Waals surface area contributed by atoms with Crippen molar-refractivity contribution in [2.75, 3.05) is 33.1 Å². The highest BCUT2D eigenvalue weighted by molar-refractivity contribution is 5.92. The first-order valence-electron chi connectivity index (χ1n) is 8.00. The topological polar surface area (TPSA) is 62.9 Å². The predicted octanol–water partition coefficient (Wildman–Crippen LogP) is 2.59. The van der Waals surface area contributed by atoms with Gasteiger partial charge in [-0.25, -0.2) is 0 Å². The molecule has 0 spiro atoms. The summed E-state index contributed by atoms with van der Waals surface area (Å²) in [5, 5.41) is 3.11. The van der Waals surface area contributed by atoms with E-state index in [2.05, 4.69) is 53.6 Å². The van der Waals surface area contributed by atoms with Crippen LogP contribution in [0.3, 0.4) is 0 Å². The van der Waals surface area contributed by atoms with Crippen LogP contribution in [0, 0.1) is 0 Å². The Bertz CT molecular complexity index is 638. The minimum absolute atomic E-state index is 0.295. The number of likely N-dealkylation sites (N-methyl/N-ethyl adjacent to an activating group) is 1. The molecule has 0 heterocycles. The Balaban J connectivity index is 1.94. The van der Waals surface area contributed by atoms with Crippen molar-refractivity contribution in [3.05, 3.63) is 60.2 Å². The SMILES string of the molecule is COc1ccc(NC(N)=NCC(Cc2ccccc2)N(C)C)cc1. The summed E-state index contributed by atoms with van der Waals surface area (Å²) in [5.74, 6) is 1.23. The molecule has 24 heavy (non-hydrogen) atoms. The molecule has 5 heteroatoms. The normalized spacial score (nSPS) is 12.9. The van der Waals surface area contributed by atoms with E-state index in [9.17, 15) is 0 Å². The number of benzene rings is 2. The third-order valence-corrected chi connectivity index (χ3v) is 3.88. The quantitative estimate of drug-likeness (QED) is 0.606. The molecule has 2 aromatic carbocycles. The molecule has 0 aromatic heterocycles. The van der Waals surface area contributed by atoms with E-state index in [0.717, 1.165) is 17.9 Å². The number of anilines is 1. The van der Waals surface area contributed by atoms with Gasteiger partial charge < -0.3 is 20.7 Å². The Hall–Kier alpha value is -2.53. The zero-order valence-electron chi connectivity index (χ0n) is 14.6. The maximum Gasteiger partial charge on any atom is 0.193 e. The molecule has 0 aliphatic carbocycles. The van der Waals surface area contributed by atoms with E-state index in [1.165, 1.54) is 5.56 Å². The van der Waals surface area contributed by atoms with Crippen LogP contribution >= 0.6 is 0 Å². The molecule has 0 aliphatic rings. The van der Waals surface area contributed by atoms with E-state index >= 15 is 0 Å². The molecule has 0 aliphatic heterocycles. The molecule has 1 unspecified atom stereocenters. The molecule has 3 N–H and O–H groups in total. The Morgan fingerprint density at radius 1 is 1.12 bits per heavy atom. The van der Waals surface area contributed by atoms with Gasteiger partial charge >= 0.3 is 0 Å². The van der Waals surface area contributed by atoms with Crippen molar-refractivity contribution in [2.24, 2.45) is 10.7 Å². The highest BCUT2D eigenvalue weighted by Gasteiger charge is 2.11. The van der Waals surface area contributed by atoms with Gasteiger partial charge in [0.25, 0.3) is 0 Å². The molecule has 2 rings (SSSR count). The van der Waals surface area contributed by atoms with Crippen LogP contribution in [0.1, 0.15) is 5.56 Å². The smallest absolute Gasteiger partial charge is 0.193 e. The van der Waals surface area contributed by atoms with Gasteiger partial charge in [-0.15, -0.1) is 0 Å². The third kappa shape index (κ3) is 5.59. The Morgan fingerprint density at radius 3 is 2.38 bits per heavy atom. The van der Waals surface area contributed by atoms with E-state index in [0.29, 0.717) is 18.5 Å². The van der Waals surface area contributed by atoms with Crippen molar-refractivity contribution >= 4 is 11.6 Å².